The molecule has 0 radical (unpaired) electrons. The largest absolute Gasteiger partial charge is 0.383 e. The monoisotopic (exact) mass is 502 g/mol. The summed E-state index contributed by atoms with van der Waals surface area (Å²) in [5, 5.41) is 7.50. The number of aromatic nitrogens is 3. The number of carbonyl (C=O) groups excluding carboxylic acids is 2. The Morgan fingerprint density at radius 3 is 2.77 bits per heavy atom. The third-order valence-corrected chi connectivity index (χ3v) is 5.99. The molecule has 1 aliphatic heterocycles. The lowest BCUT2D eigenvalue weighted by Gasteiger charge is -2.18. The summed E-state index contributed by atoms with van der Waals surface area (Å²) in [4.78, 5) is 31.6. The van der Waals surface area contributed by atoms with Crippen molar-refractivity contribution in [1.29, 1.82) is 0 Å². The highest BCUT2D eigenvalue weighted by molar-refractivity contribution is 9.10. The van der Waals surface area contributed by atoms with Gasteiger partial charge in [0.05, 0.1) is 22.3 Å². The maximum atomic E-state index is 12.9. The number of anilines is 1. The van der Waals surface area contributed by atoms with Crippen molar-refractivity contribution in [2.24, 2.45) is 7.05 Å². The summed E-state index contributed by atoms with van der Waals surface area (Å²) in [6.45, 7) is 0.916. The van der Waals surface area contributed by atoms with Gasteiger partial charge in [-0.05, 0) is 30.7 Å². The Bertz CT molecular complexity index is 1160. The molecule has 0 aliphatic carbocycles. The average Bonchev–Trinajstić information content (AvgIpc) is 3.38. The van der Waals surface area contributed by atoms with Crippen LogP contribution < -0.4 is 11.1 Å². The van der Waals surface area contributed by atoms with Crippen LogP contribution in [0.2, 0.25) is 5.02 Å². The van der Waals surface area contributed by atoms with Crippen LogP contribution in [-0.4, -0.2) is 50.6 Å². The Morgan fingerprint density at radius 2 is 2.03 bits per heavy atom. The van der Waals surface area contributed by atoms with Crippen LogP contribution in [-0.2, 0) is 7.05 Å². The summed E-state index contributed by atoms with van der Waals surface area (Å²) in [6.07, 6.45) is 5.78. The van der Waals surface area contributed by atoms with E-state index in [-0.39, 0.29) is 23.7 Å². The number of nitrogens with one attached hydrogen (secondary N) is 1. The zero-order valence-electron chi connectivity index (χ0n) is 16.7. The van der Waals surface area contributed by atoms with E-state index in [2.05, 4.69) is 31.3 Å². The number of pyridine rings is 1. The number of amides is 2. The summed E-state index contributed by atoms with van der Waals surface area (Å²) in [7, 11) is 1.82. The number of rotatable bonds is 4. The molecule has 2 amide bonds. The van der Waals surface area contributed by atoms with E-state index in [4.69, 9.17) is 17.3 Å². The first-order valence-corrected chi connectivity index (χ1v) is 10.8. The van der Waals surface area contributed by atoms with Gasteiger partial charge in [0.1, 0.15) is 5.82 Å². The summed E-state index contributed by atoms with van der Waals surface area (Å²) < 4.78 is 2.45. The van der Waals surface area contributed by atoms with Crippen molar-refractivity contribution in [3.63, 3.8) is 0 Å². The summed E-state index contributed by atoms with van der Waals surface area (Å²) >= 11 is 9.55. The topological polar surface area (TPSA) is 106 Å². The number of nitrogen functional groups attached to an aromatic ring is 1. The van der Waals surface area contributed by atoms with Crippen LogP contribution in [0.3, 0.4) is 0 Å². The molecule has 1 saturated heterocycles. The predicted molar refractivity (Wildman–Crippen MR) is 122 cm³/mol. The molecule has 10 heteroatoms. The SMILES string of the molecule is Cn1cc(-c2cnc(N)c(C(=O)N[C@@H]3CCN(C(=O)c4cc(Br)ccc4Cl)C3)c2)cn1. The summed E-state index contributed by atoms with van der Waals surface area (Å²) in [5.74, 6) is -0.338. The molecule has 160 valence electrons. The lowest BCUT2D eigenvalue weighted by molar-refractivity contribution is 0.0783. The van der Waals surface area contributed by atoms with Crippen molar-refractivity contribution in [2.45, 2.75) is 12.5 Å². The number of halogens is 2. The Morgan fingerprint density at radius 1 is 1.23 bits per heavy atom. The van der Waals surface area contributed by atoms with Crippen LogP contribution in [0.15, 0.2) is 47.3 Å². The number of benzene rings is 1. The zero-order chi connectivity index (χ0) is 22.1. The second kappa shape index (κ2) is 8.68. The van der Waals surface area contributed by atoms with Crippen LogP contribution in [0, 0.1) is 0 Å². The van der Waals surface area contributed by atoms with E-state index >= 15 is 0 Å². The minimum atomic E-state index is -0.324. The summed E-state index contributed by atoms with van der Waals surface area (Å²) in [6, 6.07) is 6.67. The van der Waals surface area contributed by atoms with Crippen LogP contribution in [0.1, 0.15) is 27.1 Å². The molecule has 0 spiro atoms. The molecule has 3 aromatic rings. The quantitative estimate of drug-likeness (QED) is 0.569. The van der Waals surface area contributed by atoms with Crippen molar-refractivity contribution in [1.82, 2.24) is 25.0 Å². The lowest BCUT2D eigenvalue weighted by atomic mass is 10.1. The highest BCUT2D eigenvalue weighted by Gasteiger charge is 2.29. The molecule has 1 aliphatic rings. The van der Waals surface area contributed by atoms with E-state index in [0.717, 1.165) is 15.6 Å². The fourth-order valence-corrected chi connectivity index (χ4v) is 4.10. The molecule has 0 saturated carbocycles. The van der Waals surface area contributed by atoms with Gasteiger partial charge in [-0.1, -0.05) is 27.5 Å². The molecule has 8 nitrogen and oxygen atoms in total. The van der Waals surface area contributed by atoms with Gasteiger partial charge in [-0.25, -0.2) is 4.98 Å². The lowest BCUT2D eigenvalue weighted by Crippen LogP contribution is -2.38. The predicted octanol–water partition coefficient (Wildman–Crippen LogP) is 3.12. The molecular formula is C21H20BrClN6O2. The van der Waals surface area contributed by atoms with Crippen LogP contribution >= 0.6 is 27.5 Å². The second-order valence-corrected chi connectivity index (χ2v) is 8.72. The van der Waals surface area contributed by atoms with Gasteiger partial charge in [-0.15, -0.1) is 0 Å². The number of likely N-dealkylation sites (tertiary alicyclic amines) is 1. The third-order valence-electron chi connectivity index (χ3n) is 5.17. The smallest absolute Gasteiger partial charge is 0.255 e. The molecule has 1 fully saturated rings. The molecule has 1 atom stereocenters. The number of carbonyl (C=O) groups is 2. The average molecular weight is 504 g/mol. The van der Waals surface area contributed by atoms with Crippen molar-refractivity contribution in [3.8, 4) is 11.1 Å². The van der Waals surface area contributed by atoms with E-state index in [0.29, 0.717) is 35.7 Å². The first-order valence-electron chi connectivity index (χ1n) is 9.61. The highest BCUT2D eigenvalue weighted by Crippen LogP contribution is 2.25. The van der Waals surface area contributed by atoms with Crippen LogP contribution in [0.4, 0.5) is 5.82 Å². The second-order valence-electron chi connectivity index (χ2n) is 7.39. The first-order chi connectivity index (χ1) is 14.8. The fraction of sp³-hybridized carbons (Fsp3) is 0.238. The van der Waals surface area contributed by atoms with E-state index in [1.807, 2.05) is 13.2 Å². The molecule has 2 aromatic heterocycles. The van der Waals surface area contributed by atoms with Gasteiger partial charge in [0, 0.05) is 54.2 Å². The van der Waals surface area contributed by atoms with Crippen molar-refractivity contribution < 1.29 is 9.59 Å². The first kappa shape index (κ1) is 21.3. The number of hydrogen-bond donors (Lipinski definition) is 2. The van der Waals surface area contributed by atoms with E-state index in [9.17, 15) is 9.59 Å². The Hall–Kier alpha value is -2.91. The number of hydrogen-bond acceptors (Lipinski definition) is 5. The molecule has 4 rings (SSSR count). The zero-order valence-corrected chi connectivity index (χ0v) is 19.0. The van der Waals surface area contributed by atoms with Crippen LogP contribution in [0.25, 0.3) is 11.1 Å². The third kappa shape index (κ3) is 4.57. The van der Waals surface area contributed by atoms with Gasteiger partial charge in [0.25, 0.3) is 11.8 Å². The van der Waals surface area contributed by atoms with Crippen molar-refractivity contribution in [3.05, 3.63) is 63.5 Å². The van der Waals surface area contributed by atoms with Gasteiger partial charge in [-0.2, -0.15) is 5.10 Å². The van der Waals surface area contributed by atoms with E-state index < -0.39 is 0 Å². The highest BCUT2D eigenvalue weighted by atomic mass is 79.9. The Labute approximate surface area is 192 Å². The Balaban J connectivity index is 1.45. The molecular weight excluding hydrogens is 484 g/mol. The van der Waals surface area contributed by atoms with Gasteiger partial charge >= 0.3 is 0 Å². The maximum Gasteiger partial charge on any atom is 0.255 e. The minimum Gasteiger partial charge on any atom is -0.383 e. The number of nitrogens with zero attached hydrogens (tertiary/aromatic N) is 4. The standard InChI is InChI=1S/C21H20BrClN6O2/c1-28-10-13(9-26-28)12-6-17(19(24)25-8-12)20(30)27-15-4-5-29(11-15)21(31)16-7-14(22)2-3-18(16)23/h2-3,6-10,15H,4-5,11H2,1H3,(H2,24,25)(H,27,30)/t15-/m1/s1. The summed E-state index contributed by atoms with van der Waals surface area (Å²) in [5.41, 5.74) is 8.27. The van der Waals surface area contributed by atoms with E-state index in [1.165, 1.54) is 0 Å². The normalized spacial score (nSPS) is 15.8. The molecule has 0 bridgehead atoms. The maximum absolute atomic E-state index is 12.9. The van der Waals surface area contributed by atoms with Gasteiger partial charge < -0.3 is 16.0 Å². The number of nitrogens with two attached hydrogens (primary N) is 1. The number of aryl methyl sites for hydroxylation is 1. The van der Waals surface area contributed by atoms with Gasteiger partial charge in [0.2, 0.25) is 0 Å². The van der Waals surface area contributed by atoms with E-state index in [1.54, 1.807) is 46.2 Å². The van der Waals surface area contributed by atoms with Gasteiger partial charge in [0.15, 0.2) is 0 Å². The van der Waals surface area contributed by atoms with Crippen LogP contribution in [0.5, 0.6) is 0 Å². The minimum absolute atomic E-state index is 0.150. The van der Waals surface area contributed by atoms with Crippen molar-refractivity contribution in [2.75, 3.05) is 18.8 Å². The molecule has 31 heavy (non-hydrogen) atoms. The molecule has 3 heterocycles. The molecule has 1 aromatic carbocycles. The fourth-order valence-electron chi connectivity index (χ4n) is 3.54. The Kier molecular flexibility index (Phi) is 5.97. The molecule has 0 unspecified atom stereocenters. The molecule has 3 N–H and O–H groups in total. The van der Waals surface area contributed by atoms with Gasteiger partial charge in [-0.3, -0.25) is 14.3 Å². The van der Waals surface area contributed by atoms with Crippen molar-refractivity contribution >= 4 is 45.2 Å².